The topological polar surface area (TPSA) is 30.5 Å². The van der Waals surface area contributed by atoms with E-state index in [1.54, 1.807) is 7.11 Å². The number of methoxy groups -OCH3 is 1. The third kappa shape index (κ3) is 5.52. The van der Waals surface area contributed by atoms with Crippen LogP contribution in [-0.4, -0.2) is 26.3 Å². The zero-order valence-electron chi connectivity index (χ0n) is 10.6. The van der Waals surface area contributed by atoms with Crippen LogP contribution in [0.15, 0.2) is 36.9 Å². The Morgan fingerprint density at radius 2 is 2.29 bits per heavy atom. The second-order valence-electron chi connectivity index (χ2n) is 3.96. The molecule has 3 heteroatoms. The maximum atomic E-state index is 5.80. The number of nitrogens with one attached hydrogen (secondary N) is 1. The molecule has 1 aromatic rings. The second-order valence-corrected chi connectivity index (χ2v) is 3.96. The maximum absolute atomic E-state index is 5.80. The Bertz CT molecular complexity index is 339. The summed E-state index contributed by atoms with van der Waals surface area (Å²) < 4.78 is 10.9. The van der Waals surface area contributed by atoms with Crippen molar-refractivity contribution >= 4 is 0 Å². The molecule has 1 atom stereocenters. The molecule has 0 saturated carbocycles. The summed E-state index contributed by atoms with van der Waals surface area (Å²) in [6.45, 7) is 7.92. The zero-order valence-corrected chi connectivity index (χ0v) is 10.6. The smallest absolute Gasteiger partial charge is 0.120 e. The average Bonchev–Trinajstić information content (AvgIpc) is 2.30. The molecule has 0 spiro atoms. The first-order chi connectivity index (χ1) is 8.26. The standard InChI is InChI=1S/C14H21NO2/c1-4-8-15-10-12(2)17-14-7-5-6-13(9-14)11-16-3/h4-7,9,12,15H,1,8,10-11H2,2-3H3. The van der Waals surface area contributed by atoms with Crippen molar-refractivity contribution in [1.82, 2.24) is 5.32 Å². The van der Waals surface area contributed by atoms with Crippen molar-refractivity contribution in [3.05, 3.63) is 42.5 Å². The summed E-state index contributed by atoms with van der Waals surface area (Å²) in [5, 5.41) is 3.23. The molecule has 17 heavy (non-hydrogen) atoms. The van der Waals surface area contributed by atoms with Gasteiger partial charge < -0.3 is 14.8 Å². The van der Waals surface area contributed by atoms with Crippen LogP contribution in [-0.2, 0) is 11.3 Å². The van der Waals surface area contributed by atoms with E-state index in [9.17, 15) is 0 Å². The van der Waals surface area contributed by atoms with Gasteiger partial charge in [0.2, 0.25) is 0 Å². The molecule has 0 aromatic heterocycles. The molecule has 0 amide bonds. The minimum absolute atomic E-state index is 0.132. The van der Waals surface area contributed by atoms with Crippen molar-refractivity contribution in [1.29, 1.82) is 0 Å². The summed E-state index contributed by atoms with van der Waals surface area (Å²) in [7, 11) is 1.69. The molecule has 94 valence electrons. The fraction of sp³-hybridized carbons (Fsp3) is 0.429. The van der Waals surface area contributed by atoms with Crippen LogP contribution in [0.2, 0.25) is 0 Å². The molecule has 3 nitrogen and oxygen atoms in total. The predicted molar refractivity (Wildman–Crippen MR) is 70.3 cm³/mol. The van der Waals surface area contributed by atoms with E-state index in [0.29, 0.717) is 6.61 Å². The lowest BCUT2D eigenvalue weighted by molar-refractivity contribution is 0.183. The van der Waals surface area contributed by atoms with E-state index in [1.807, 2.05) is 37.3 Å². The van der Waals surface area contributed by atoms with E-state index in [4.69, 9.17) is 9.47 Å². The summed E-state index contributed by atoms with van der Waals surface area (Å²) in [5.41, 5.74) is 1.12. The predicted octanol–water partition coefficient (Wildman–Crippen LogP) is 2.38. The van der Waals surface area contributed by atoms with Gasteiger partial charge in [-0.1, -0.05) is 18.2 Å². The molecule has 0 aliphatic rings. The lowest BCUT2D eigenvalue weighted by Gasteiger charge is -2.15. The highest BCUT2D eigenvalue weighted by Crippen LogP contribution is 2.15. The van der Waals surface area contributed by atoms with Crippen molar-refractivity contribution in [3.63, 3.8) is 0 Å². The van der Waals surface area contributed by atoms with E-state index < -0.39 is 0 Å². The van der Waals surface area contributed by atoms with Gasteiger partial charge in [0.25, 0.3) is 0 Å². The molecule has 0 saturated heterocycles. The SMILES string of the molecule is C=CCNCC(C)Oc1cccc(COC)c1. The van der Waals surface area contributed by atoms with Gasteiger partial charge in [0.1, 0.15) is 11.9 Å². The number of rotatable bonds is 8. The molecule has 0 fully saturated rings. The fourth-order valence-corrected chi connectivity index (χ4v) is 1.54. The van der Waals surface area contributed by atoms with Gasteiger partial charge in [0.15, 0.2) is 0 Å². The van der Waals surface area contributed by atoms with Crippen LogP contribution >= 0.6 is 0 Å². The Hall–Kier alpha value is -1.32. The van der Waals surface area contributed by atoms with Gasteiger partial charge in [0, 0.05) is 20.2 Å². The largest absolute Gasteiger partial charge is 0.489 e. The van der Waals surface area contributed by atoms with Gasteiger partial charge in [-0.2, -0.15) is 0 Å². The van der Waals surface area contributed by atoms with Crippen LogP contribution in [0.1, 0.15) is 12.5 Å². The first-order valence-corrected chi connectivity index (χ1v) is 5.82. The van der Waals surface area contributed by atoms with Crippen LogP contribution in [0.4, 0.5) is 0 Å². The van der Waals surface area contributed by atoms with Crippen LogP contribution in [0.3, 0.4) is 0 Å². The van der Waals surface area contributed by atoms with Gasteiger partial charge in [-0.25, -0.2) is 0 Å². The molecule has 0 heterocycles. The molecular formula is C14H21NO2. The Labute approximate surface area is 103 Å². The summed E-state index contributed by atoms with van der Waals surface area (Å²) in [6, 6.07) is 7.97. The first kappa shape index (κ1) is 13.7. The first-order valence-electron chi connectivity index (χ1n) is 5.82. The highest BCUT2D eigenvalue weighted by Gasteiger charge is 2.03. The van der Waals surface area contributed by atoms with E-state index in [0.717, 1.165) is 24.4 Å². The third-order valence-corrected chi connectivity index (χ3v) is 2.27. The number of benzene rings is 1. The lowest BCUT2D eigenvalue weighted by atomic mass is 10.2. The molecule has 0 aliphatic heterocycles. The summed E-state index contributed by atoms with van der Waals surface area (Å²) >= 11 is 0. The number of hydrogen-bond acceptors (Lipinski definition) is 3. The van der Waals surface area contributed by atoms with Gasteiger partial charge in [0.05, 0.1) is 6.61 Å². The molecule has 0 aliphatic carbocycles. The van der Waals surface area contributed by atoms with Gasteiger partial charge >= 0.3 is 0 Å². The highest BCUT2D eigenvalue weighted by atomic mass is 16.5. The molecule has 0 radical (unpaired) electrons. The summed E-state index contributed by atoms with van der Waals surface area (Å²) in [6.07, 6.45) is 1.97. The van der Waals surface area contributed by atoms with Crippen molar-refractivity contribution in [2.45, 2.75) is 19.6 Å². The number of hydrogen-bond donors (Lipinski definition) is 1. The Morgan fingerprint density at radius 1 is 1.47 bits per heavy atom. The van der Waals surface area contributed by atoms with E-state index in [2.05, 4.69) is 11.9 Å². The minimum Gasteiger partial charge on any atom is -0.489 e. The Balaban J connectivity index is 2.43. The normalized spacial score (nSPS) is 12.1. The lowest BCUT2D eigenvalue weighted by Crippen LogP contribution is -2.28. The Kier molecular flexibility index (Phi) is 6.37. The molecule has 1 rings (SSSR count). The van der Waals surface area contributed by atoms with Crippen molar-refractivity contribution < 1.29 is 9.47 Å². The van der Waals surface area contributed by atoms with Crippen molar-refractivity contribution in [2.24, 2.45) is 0 Å². The number of ether oxygens (including phenoxy) is 2. The zero-order chi connectivity index (χ0) is 12.5. The Morgan fingerprint density at radius 3 is 3.00 bits per heavy atom. The summed E-state index contributed by atoms with van der Waals surface area (Å²) in [4.78, 5) is 0. The third-order valence-electron chi connectivity index (χ3n) is 2.27. The molecule has 1 aromatic carbocycles. The van der Waals surface area contributed by atoms with Crippen LogP contribution in [0.25, 0.3) is 0 Å². The summed E-state index contributed by atoms with van der Waals surface area (Å²) in [5.74, 6) is 0.882. The molecule has 1 N–H and O–H groups in total. The van der Waals surface area contributed by atoms with Crippen LogP contribution < -0.4 is 10.1 Å². The van der Waals surface area contributed by atoms with E-state index in [1.165, 1.54) is 0 Å². The van der Waals surface area contributed by atoms with Crippen molar-refractivity contribution in [2.75, 3.05) is 20.2 Å². The quantitative estimate of drug-likeness (QED) is 0.554. The molecular weight excluding hydrogens is 214 g/mol. The molecule has 1 unspecified atom stereocenters. The van der Waals surface area contributed by atoms with Gasteiger partial charge in [-0.05, 0) is 24.6 Å². The monoisotopic (exact) mass is 235 g/mol. The van der Waals surface area contributed by atoms with Gasteiger partial charge in [-0.3, -0.25) is 0 Å². The molecule has 0 bridgehead atoms. The van der Waals surface area contributed by atoms with E-state index in [-0.39, 0.29) is 6.10 Å². The van der Waals surface area contributed by atoms with Crippen molar-refractivity contribution in [3.8, 4) is 5.75 Å². The average molecular weight is 235 g/mol. The van der Waals surface area contributed by atoms with Crippen LogP contribution in [0, 0.1) is 0 Å². The highest BCUT2D eigenvalue weighted by molar-refractivity contribution is 5.28. The maximum Gasteiger partial charge on any atom is 0.120 e. The minimum atomic E-state index is 0.132. The van der Waals surface area contributed by atoms with Gasteiger partial charge in [-0.15, -0.1) is 6.58 Å². The van der Waals surface area contributed by atoms with E-state index >= 15 is 0 Å². The fourth-order valence-electron chi connectivity index (χ4n) is 1.54. The van der Waals surface area contributed by atoms with Crippen LogP contribution in [0.5, 0.6) is 5.75 Å². The second kappa shape index (κ2) is 7.87.